The largest absolute Gasteiger partial charge is 0.347 e. The molecule has 0 bridgehead atoms. The van der Waals surface area contributed by atoms with E-state index in [0.717, 1.165) is 45.7 Å². The Hall–Kier alpha value is 0.0600. The lowest BCUT2D eigenvalue weighted by molar-refractivity contribution is -0.185. The average molecular weight is 318 g/mol. The minimum Gasteiger partial charge on any atom is -0.347 e. The minimum absolute atomic E-state index is 0.244. The monoisotopic (exact) mass is 317 g/mol. The second kappa shape index (κ2) is 4.97. The third kappa shape index (κ3) is 2.74. The van der Waals surface area contributed by atoms with Gasteiger partial charge in [-0.15, -0.1) is 11.3 Å². The Morgan fingerprint density at radius 2 is 1.94 bits per heavy atom. The van der Waals surface area contributed by atoms with Gasteiger partial charge in [0, 0.05) is 37.4 Å². The zero-order chi connectivity index (χ0) is 11.7. The van der Waals surface area contributed by atoms with E-state index in [1.165, 1.54) is 8.66 Å². The zero-order valence-corrected chi connectivity index (χ0v) is 12.1. The Morgan fingerprint density at radius 1 is 1.24 bits per heavy atom. The number of piperidine rings is 1. The molecule has 5 heteroatoms. The topological polar surface area (TPSA) is 21.7 Å². The summed E-state index contributed by atoms with van der Waals surface area (Å²) in [4.78, 5) is 3.90. The number of likely N-dealkylation sites (tertiary alicyclic amines) is 1. The Labute approximate surface area is 114 Å². The molecule has 1 aromatic rings. The van der Waals surface area contributed by atoms with Gasteiger partial charge in [0.15, 0.2) is 5.79 Å². The standard InChI is InChI=1S/C12H16BrNO2S/c13-11-2-1-10(17-11)9-14-5-3-12(4-6-14)15-7-8-16-12/h1-2H,3-9H2. The molecule has 1 spiro atoms. The van der Waals surface area contributed by atoms with Crippen LogP contribution in [0.2, 0.25) is 0 Å². The van der Waals surface area contributed by atoms with Crippen molar-refractivity contribution in [3.05, 3.63) is 20.8 Å². The van der Waals surface area contributed by atoms with Crippen LogP contribution < -0.4 is 0 Å². The van der Waals surface area contributed by atoms with E-state index in [0.29, 0.717) is 0 Å². The van der Waals surface area contributed by atoms with Crippen molar-refractivity contribution < 1.29 is 9.47 Å². The molecule has 2 aliphatic heterocycles. The maximum atomic E-state index is 5.73. The molecule has 0 unspecified atom stereocenters. The molecule has 2 aliphatic rings. The SMILES string of the molecule is Brc1ccc(CN2CCC3(CC2)OCCO3)s1. The zero-order valence-electron chi connectivity index (χ0n) is 9.65. The molecule has 3 nitrogen and oxygen atoms in total. The van der Waals surface area contributed by atoms with Crippen LogP contribution >= 0.6 is 27.3 Å². The average Bonchev–Trinajstić information content (AvgIpc) is 2.93. The van der Waals surface area contributed by atoms with Gasteiger partial charge in [0.25, 0.3) is 0 Å². The van der Waals surface area contributed by atoms with Crippen LogP contribution in [0, 0.1) is 0 Å². The predicted molar refractivity (Wildman–Crippen MR) is 71.2 cm³/mol. The van der Waals surface area contributed by atoms with Crippen molar-refractivity contribution in [1.82, 2.24) is 4.90 Å². The van der Waals surface area contributed by atoms with E-state index in [2.05, 4.69) is 33.0 Å². The van der Waals surface area contributed by atoms with E-state index in [-0.39, 0.29) is 5.79 Å². The summed E-state index contributed by atoms with van der Waals surface area (Å²) < 4.78 is 12.7. The fourth-order valence-corrected chi connectivity index (χ4v) is 4.02. The Bertz CT molecular complexity index is 380. The molecule has 94 valence electrons. The number of halogens is 1. The second-order valence-electron chi connectivity index (χ2n) is 4.59. The summed E-state index contributed by atoms with van der Waals surface area (Å²) in [5, 5.41) is 0. The van der Waals surface area contributed by atoms with Crippen molar-refractivity contribution in [1.29, 1.82) is 0 Å². The highest BCUT2D eigenvalue weighted by atomic mass is 79.9. The Balaban J connectivity index is 1.54. The maximum absolute atomic E-state index is 5.73. The number of ether oxygens (including phenoxy) is 2. The molecule has 0 aliphatic carbocycles. The lowest BCUT2D eigenvalue weighted by Crippen LogP contribution is -2.44. The first-order chi connectivity index (χ1) is 8.26. The van der Waals surface area contributed by atoms with Crippen LogP contribution in [0.15, 0.2) is 15.9 Å². The van der Waals surface area contributed by atoms with Crippen molar-refractivity contribution in [3.63, 3.8) is 0 Å². The summed E-state index contributed by atoms with van der Waals surface area (Å²) in [5.74, 6) is -0.244. The quantitative estimate of drug-likeness (QED) is 0.837. The highest BCUT2D eigenvalue weighted by molar-refractivity contribution is 9.11. The highest BCUT2D eigenvalue weighted by Gasteiger charge is 2.39. The van der Waals surface area contributed by atoms with E-state index >= 15 is 0 Å². The summed E-state index contributed by atoms with van der Waals surface area (Å²) >= 11 is 5.32. The molecule has 0 N–H and O–H groups in total. The van der Waals surface area contributed by atoms with Crippen LogP contribution in [0.25, 0.3) is 0 Å². The molecule has 3 rings (SSSR count). The number of hydrogen-bond donors (Lipinski definition) is 0. The predicted octanol–water partition coefficient (Wildman–Crippen LogP) is 2.85. The fourth-order valence-electron chi connectivity index (χ4n) is 2.49. The van der Waals surface area contributed by atoms with Crippen molar-refractivity contribution in [2.24, 2.45) is 0 Å². The number of nitrogens with zero attached hydrogens (tertiary/aromatic N) is 1. The number of thiophene rings is 1. The molecule has 17 heavy (non-hydrogen) atoms. The summed E-state index contributed by atoms with van der Waals surface area (Å²) in [7, 11) is 0. The number of rotatable bonds is 2. The van der Waals surface area contributed by atoms with Crippen LogP contribution in [-0.4, -0.2) is 37.0 Å². The lowest BCUT2D eigenvalue weighted by Gasteiger charge is -2.37. The van der Waals surface area contributed by atoms with Crippen LogP contribution in [0.5, 0.6) is 0 Å². The highest BCUT2D eigenvalue weighted by Crippen LogP contribution is 2.32. The van der Waals surface area contributed by atoms with Crippen molar-refractivity contribution in [2.75, 3.05) is 26.3 Å². The molecule has 0 atom stereocenters. The first-order valence-electron chi connectivity index (χ1n) is 6.00. The molecule has 0 aromatic carbocycles. The van der Waals surface area contributed by atoms with Crippen LogP contribution in [-0.2, 0) is 16.0 Å². The Kier molecular flexibility index (Phi) is 3.54. The van der Waals surface area contributed by atoms with Gasteiger partial charge < -0.3 is 9.47 Å². The summed E-state index contributed by atoms with van der Waals surface area (Å²) in [5.41, 5.74) is 0. The van der Waals surface area contributed by atoms with Crippen molar-refractivity contribution in [2.45, 2.75) is 25.2 Å². The van der Waals surface area contributed by atoms with Gasteiger partial charge in [-0.3, -0.25) is 4.90 Å². The summed E-state index contributed by atoms with van der Waals surface area (Å²) in [6, 6.07) is 4.32. The van der Waals surface area contributed by atoms with E-state index < -0.39 is 0 Å². The molecular weight excluding hydrogens is 302 g/mol. The Morgan fingerprint density at radius 3 is 2.53 bits per heavy atom. The smallest absolute Gasteiger partial charge is 0.170 e. The number of hydrogen-bond acceptors (Lipinski definition) is 4. The van der Waals surface area contributed by atoms with E-state index in [1.54, 1.807) is 0 Å². The van der Waals surface area contributed by atoms with Crippen LogP contribution in [0.1, 0.15) is 17.7 Å². The third-order valence-electron chi connectivity index (χ3n) is 3.44. The summed E-state index contributed by atoms with van der Waals surface area (Å²) in [6.07, 6.45) is 2.00. The molecule has 0 amide bonds. The lowest BCUT2D eigenvalue weighted by atomic mass is 10.0. The van der Waals surface area contributed by atoms with E-state index in [4.69, 9.17) is 9.47 Å². The van der Waals surface area contributed by atoms with Gasteiger partial charge in [0.05, 0.1) is 17.0 Å². The molecule has 0 saturated carbocycles. The van der Waals surface area contributed by atoms with Gasteiger partial charge in [-0.1, -0.05) is 0 Å². The van der Waals surface area contributed by atoms with Crippen LogP contribution in [0.3, 0.4) is 0 Å². The maximum Gasteiger partial charge on any atom is 0.170 e. The van der Waals surface area contributed by atoms with E-state index in [1.807, 2.05) is 11.3 Å². The minimum atomic E-state index is -0.244. The van der Waals surface area contributed by atoms with Crippen molar-refractivity contribution >= 4 is 27.3 Å². The molecule has 1 aromatic heterocycles. The van der Waals surface area contributed by atoms with Crippen molar-refractivity contribution in [3.8, 4) is 0 Å². The van der Waals surface area contributed by atoms with Gasteiger partial charge in [0.1, 0.15) is 0 Å². The van der Waals surface area contributed by atoms with Gasteiger partial charge in [0.2, 0.25) is 0 Å². The van der Waals surface area contributed by atoms with Gasteiger partial charge in [-0.25, -0.2) is 0 Å². The molecule has 3 heterocycles. The summed E-state index contributed by atoms with van der Waals surface area (Å²) in [6.45, 7) is 4.70. The molecule has 2 fully saturated rings. The van der Waals surface area contributed by atoms with E-state index in [9.17, 15) is 0 Å². The third-order valence-corrected chi connectivity index (χ3v) is 5.05. The second-order valence-corrected chi connectivity index (χ2v) is 7.14. The fraction of sp³-hybridized carbons (Fsp3) is 0.667. The van der Waals surface area contributed by atoms with Gasteiger partial charge >= 0.3 is 0 Å². The van der Waals surface area contributed by atoms with Gasteiger partial charge in [-0.05, 0) is 28.1 Å². The molecule has 2 saturated heterocycles. The van der Waals surface area contributed by atoms with Gasteiger partial charge in [-0.2, -0.15) is 0 Å². The van der Waals surface area contributed by atoms with Crippen LogP contribution in [0.4, 0.5) is 0 Å². The first-order valence-corrected chi connectivity index (χ1v) is 7.61. The normalized spacial score (nSPS) is 24.5. The first kappa shape index (κ1) is 12.1. The molecular formula is C12H16BrNO2S. The molecule has 0 radical (unpaired) electrons.